The number of hydrogen-bond donors (Lipinski definition) is 0. The molecule has 4 nitrogen and oxygen atoms in total. The third kappa shape index (κ3) is 6.61. The summed E-state index contributed by atoms with van der Waals surface area (Å²) < 4.78 is 10.5. The molecule has 5 heteroatoms. The van der Waals surface area contributed by atoms with E-state index in [2.05, 4.69) is 13.1 Å². The van der Waals surface area contributed by atoms with Crippen molar-refractivity contribution < 1.29 is 19.1 Å². The van der Waals surface area contributed by atoms with Crippen LogP contribution >= 0.6 is 0 Å². The van der Waals surface area contributed by atoms with Crippen LogP contribution in [0.3, 0.4) is 0 Å². The van der Waals surface area contributed by atoms with E-state index in [1.165, 1.54) is 31.7 Å². The molecule has 127 valence electrons. The molecule has 1 unspecified atom stereocenters. The molecule has 0 amide bonds. The second-order valence-corrected chi connectivity index (χ2v) is 9.84. The number of carbonyl (C=O) groups is 2. The van der Waals surface area contributed by atoms with Crippen LogP contribution in [-0.2, 0) is 19.1 Å². The van der Waals surface area contributed by atoms with Crippen LogP contribution in [0.2, 0.25) is 19.1 Å². The van der Waals surface area contributed by atoms with Crippen LogP contribution in [0.4, 0.5) is 0 Å². The van der Waals surface area contributed by atoms with Crippen molar-refractivity contribution in [1.82, 2.24) is 0 Å². The summed E-state index contributed by atoms with van der Waals surface area (Å²) in [4.78, 5) is 23.3. The van der Waals surface area contributed by atoms with Crippen molar-refractivity contribution in [3.63, 3.8) is 0 Å². The maximum absolute atomic E-state index is 11.9. The van der Waals surface area contributed by atoms with Gasteiger partial charge in [-0.05, 0) is 26.7 Å². The van der Waals surface area contributed by atoms with E-state index in [0.717, 1.165) is 12.8 Å². The molecular weight excluding hydrogens is 296 g/mol. The molecule has 1 radical (unpaired) electrons. The Morgan fingerprint density at radius 2 is 1.68 bits per heavy atom. The fraction of sp³-hybridized carbons (Fsp3) is 0.882. The van der Waals surface area contributed by atoms with Gasteiger partial charge in [0.1, 0.15) is 0 Å². The number of ether oxygens (including phenoxy) is 2. The van der Waals surface area contributed by atoms with Crippen molar-refractivity contribution in [2.75, 3.05) is 0 Å². The first-order valence-corrected chi connectivity index (χ1v) is 11.3. The average molecular weight is 328 g/mol. The molecule has 1 rings (SSSR count). The molecule has 0 aliphatic carbocycles. The molecule has 1 aliphatic heterocycles. The van der Waals surface area contributed by atoms with Crippen molar-refractivity contribution in [3.05, 3.63) is 0 Å². The van der Waals surface area contributed by atoms with Crippen LogP contribution in [0.1, 0.15) is 65.2 Å². The van der Waals surface area contributed by atoms with Crippen molar-refractivity contribution in [1.29, 1.82) is 0 Å². The molecule has 0 N–H and O–H groups in total. The quantitative estimate of drug-likeness (QED) is 0.248. The smallest absolute Gasteiger partial charge is 0.346 e. The van der Waals surface area contributed by atoms with Crippen molar-refractivity contribution >= 4 is 20.7 Å². The summed E-state index contributed by atoms with van der Waals surface area (Å²) in [5.74, 6) is -0.950. The molecule has 22 heavy (non-hydrogen) atoms. The molecule has 1 fully saturated rings. The fourth-order valence-corrected chi connectivity index (χ4v) is 3.88. The van der Waals surface area contributed by atoms with E-state index < -0.39 is 17.5 Å². The van der Waals surface area contributed by atoms with E-state index in [4.69, 9.17) is 9.47 Å². The molecular formula is C17H31O4Si. The molecule has 0 bridgehead atoms. The number of carbonyl (C=O) groups excluding carboxylic acids is 2. The maximum atomic E-state index is 11.9. The van der Waals surface area contributed by atoms with Crippen molar-refractivity contribution in [2.45, 2.75) is 96.1 Å². The van der Waals surface area contributed by atoms with E-state index >= 15 is 0 Å². The van der Waals surface area contributed by atoms with Gasteiger partial charge in [0.15, 0.2) is 5.60 Å². The summed E-state index contributed by atoms with van der Waals surface area (Å²) in [5, 5.41) is 0. The van der Waals surface area contributed by atoms with Gasteiger partial charge in [0.05, 0.1) is 12.5 Å². The van der Waals surface area contributed by atoms with Crippen molar-refractivity contribution in [3.8, 4) is 0 Å². The van der Waals surface area contributed by atoms with Gasteiger partial charge in [0, 0.05) is 8.80 Å². The van der Waals surface area contributed by atoms with Gasteiger partial charge in [-0.25, -0.2) is 4.79 Å². The van der Waals surface area contributed by atoms with Gasteiger partial charge in [-0.15, -0.1) is 0 Å². The Hall–Kier alpha value is -0.683. The first-order valence-electron chi connectivity index (χ1n) is 8.58. The van der Waals surface area contributed by atoms with Gasteiger partial charge in [0.2, 0.25) is 0 Å². The van der Waals surface area contributed by atoms with Crippen LogP contribution in [-0.4, -0.2) is 32.4 Å². The summed E-state index contributed by atoms with van der Waals surface area (Å²) in [7, 11) is -0.0730. The minimum Gasteiger partial charge on any atom is -0.391 e. The van der Waals surface area contributed by atoms with Crippen LogP contribution in [0.25, 0.3) is 0 Å². The first-order chi connectivity index (χ1) is 10.4. The predicted octanol–water partition coefficient (Wildman–Crippen LogP) is 4.11. The Kier molecular flexibility index (Phi) is 8.32. The second-order valence-electron chi connectivity index (χ2n) is 6.93. The Labute approximate surface area is 136 Å². The zero-order valence-electron chi connectivity index (χ0n) is 14.6. The molecule has 1 saturated heterocycles. The lowest BCUT2D eigenvalue weighted by atomic mass is 9.93. The number of rotatable bonds is 11. The predicted molar refractivity (Wildman–Crippen MR) is 89.3 cm³/mol. The molecule has 1 aliphatic rings. The lowest BCUT2D eigenvalue weighted by Crippen LogP contribution is -2.40. The minimum atomic E-state index is -1.02. The first kappa shape index (κ1) is 19.4. The third-order valence-corrected chi connectivity index (χ3v) is 5.33. The summed E-state index contributed by atoms with van der Waals surface area (Å²) in [5.41, 5.74) is -1.02. The highest BCUT2D eigenvalue weighted by Gasteiger charge is 2.50. The van der Waals surface area contributed by atoms with Crippen LogP contribution in [0.15, 0.2) is 0 Å². The Balaban J connectivity index is 2.25. The Morgan fingerprint density at radius 1 is 1.09 bits per heavy atom. The SMILES string of the molecule is CC(C)OC1(CCCCCCCC[Si](C)C)CC(=O)OC1=O. The number of esters is 2. The minimum absolute atomic E-state index is 0.0712. The second kappa shape index (κ2) is 9.45. The lowest BCUT2D eigenvalue weighted by molar-refractivity contribution is -0.166. The topological polar surface area (TPSA) is 52.6 Å². The van der Waals surface area contributed by atoms with Crippen LogP contribution in [0.5, 0.6) is 0 Å². The highest BCUT2D eigenvalue weighted by molar-refractivity contribution is 6.55. The van der Waals surface area contributed by atoms with E-state index in [9.17, 15) is 9.59 Å². The maximum Gasteiger partial charge on any atom is 0.346 e. The highest BCUT2D eigenvalue weighted by Crippen LogP contribution is 2.32. The molecule has 1 atom stereocenters. The summed E-state index contributed by atoms with van der Waals surface area (Å²) in [6.45, 7) is 8.49. The Bertz CT molecular complexity index is 368. The van der Waals surface area contributed by atoms with E-state index in [-0.39, 0.29) is 21.3 Å². The summed E-state index contributed by atoms with van der Waals surface area (Å²) in [6, 6.07) is 1.41. The summed E-state index contributed by atoms with van der Waals surface area (Å²) >= 11 is 0. The number of cyclic esters (lactones) is 2. The van der Waals surface area contributed by atoms with Gasteiger partial charge < -0.3 is 9.47 Å². The molecule has 0 spiro atoms. The van der Waals surface area contributed by atoms with Crippen molar-refractivity contribution in [2.24, 2.45) is 0 Å². The van der Waals surface area contributed by atoms with E-state index in [1.807, 2.05) is 13.8 Å². The molecule has 0 aromatic rings. The van der Waals surface area contributed by atoms with Gasteiger partial charge in [-0.2, -0.15) is 0 Å². The fourth-order valence-electron chi connectivity index (χ4n) is 2.92. The number of hydrogen-bond acceptors (Lipinski definition) is 4. The van der Waals surface area contributed by atoms with E-state index in [0.29, 0.717) is 6.42 Å². The highest BCUT2D eigenvalue weighted by atomic mass is 28.3. The molecule has 0 saturated carbocycles. The monoisotopic (exact) mass is 327 g/mol. The molecule has 0 aromatic carbocycles. The van der Waals surface area contributed by atoms with Gasteiger partial charge in [0.25, 0.3) is 0 Å². The zero-order chi connectivity index (χ0) is 16.6. The van der Waals surface area contributed by atoms with Gasteiger partial charge in [-0.3, -0.25) is 4.79 Å². The average Bonchev–Trinajstić information content (AvgIpc) is 2.66. The van der Waals surface area contributed by atoms with E-state index in [1.54, 1.807) is 0 Å². The van der Waals surface area contributed by atoms with Crippen LogP contribution < -0.4 is 0 Å². The third-order valence-electron chi connectivity index (χ3n) is 3.98. The lowest BCUT2D eigenvalue weighted by Gasteiger charge is -2.26. The summed E-state index contributed by atoms with van der Waals surface area (Å²) in [6.07, 6.45) is 7.68. The zero-order valence-corrected chi connectivity index (χ0v) is 15.6. The normalized spacial score (nSPS) is 21.9. The number of unbranched alkanes of at least 4 members (excludes halogenated alkanes) is 5. The van der Waals surface area contributed by atoms with Crippen LogP contribution in [0, 0.1) is 0 Å². The largest absolute Gasteiger partial charge is 0.391 e. The Morgan fingerprint density at radius 3 is 2.18 bits per heavy atom. The molecule has 1 heterocycles. The standard InChI is InChI=1S/C17H31O4Si/c1-14(2)21-17(13-15(18)20-16(17)19)11-9-7-5-6-8-10-12-22(3)4/h14H,5-13H2,1-4H3. The van der Waals surface area contributed by atoms with Gasteiger partial charge >= 0.3 is 11.9 Å². The van der Waals surface area contributed by atoms with Gasteiger partial charge in [-0.1, -0.05) is 51.2 Å². The molecule has 0 aromatic heterocycles.